The Morgan fingerprint density at radius 1 is 1.33 bits per heavy atom. The molecule has 2 N–H and O–H groups in total. The van der Waals surface area contributed by atoms with Crippen LogP contribution in [-0.2, 0) is 16.4 Å². The molecule has 1 aromatic rings. The van der Waals surface area contributed by atoms with E-state index in [0.29, 0.717) is 6.61 Å². The van der Waals surface area contributed by atoms with E-state index in [0.717, 1.165) is 18.6 Å². The average molecular weight is 271 g/mol. The Balaban J connectivity index is 2.56. The molecular formula is C13H21NO3S. The fraction of sp³-hybridized carbons (Fsp3) is 0.538. The Kier molecular flexibility index (Phi) is 5.62. The first kappa shape index (κ1) is 15.0. The van der Waals surface area contributed by atoms with Crippen molar-refractivity contribution in [1.29, 1.82) is 0 Å². The number of nitrogens with two attached hydrogens (primary N) is 1. The van der Waals surface area contributed by atoms with Crippen LogP contribution >= 0.6 is 0 Å². The second-order valence-corrected chi connectivity index (χ2v) is 6.07. The molecule has 0 spiro atoms. The minimum atomic E-state index is -3.43. The summed E-state index contributed by atoms with van der Waals surface area (Å²) >= 11 is 0. The van der Waals surface area contributed by atoms with Crippen LogP contribution in [0.25, 0.3) is 0 Å². The molecule has 1 unspecified atom stereocenters. The van der Waals surface area contributed by atoms with Gasteiger partial charge in [0, 0.05) is 5.92 Å². The number of ether oxygens (including phenoxy) is 1. The molecule has 0 fully saturated rings. The smallest absolute Gasteiger partial charge is 0.209 e. The van der Waals surface area contributed by atoms with Crippen LogP contribution < -0.4 is 9.88 Å². The highest BCUT2D eigenvalue weighted by Crippen LogP contribution is 2.16. The highest BCUT2D eigenvalue weighted by molar-refractivity contribution is 7.89. The molecule has 0 saturated carbocycles. The molecule has 0 aliphatic heterocycles. The second kappa shape index (κ2) is 6.75. The molecule has 0 radical (unpaired) electrons. The monoisotopic (exact) mass is 271 g/mol. The summed E-state index contributed by atoms with van der Waals surface area (Å²) in [7, 11) is -3.43. The van der Waals surface area contributed by atoms with Gasteiger partial charge in [-0.3, -0.25) is 0 Å². The van der Waals surface area contributed by atoms with Crippen LogP contribution in [0, 0.1) is 5.92 Å². The Morgan fingerprint density at radius 3 is 2.61 bits per heavy atom. The first-order valence-electron chi connectivity index (χ1n) is 6.16. The van der Waals surface area contributed by atoms with Crippen LogP contribution in [-0.4, -0.2) is 20.8 Å². The molecule has 0 heterocycles. The van der Waals surface area contributed by atoms with Gasteiger partial charge in [-0.25, -0.2) is 13.6 Å². The number of rotatable bonds is 7. The predicted molar refractivity (Wildman–Crippen MR) is 73.1 cm³/mol. The molecule has 0 aliphatic carbocycles. The Bertz CT molecular complexity index is 471. The molecule has 1 rings (SSSR count). The highest BCUT2D eigenvalue weighted by Gasteiger charge is 2.14. The zero-order chi connectivity index (χ0) is 13.6. The van der Waals surface area contributed by atoms with Gasteiger partial charge >= 0.3 is 0 Å². The van der Waals surface area contributed by atoms with Crippen molar-refractivity contribution in [3.8, 4) is 5.75 Å². The maximum absolute atomic E-state index is 11.0. The molecule has 18 heavy (non-hydrogen) atoms. The standard InChI is InChI=1S/C13H21NO3S/c1-3-11-6-5-7-13(8-11)17-9-12(4-2)10-18(14,15)16/h5-8,12H,3-4,9-10H2,1-2H3,(H2,14,15,16). The Labute approximate surface area is 109 Å². The summed E-state index contributed by atoms with van der Waals surface area (Å²) in [5.41, 5.74) is 1.20. The van der Waals surface area contributed by atoms with Gasteiger partial charge in [-0.15, -0.1) is 0 Å². The maximum Gasteiger partial charge on any atom is 0.209 e. The van der Waals surface area contributed by atoms with Crippen molar-refractivity contribution in [2.75, 3.05) is 12.4 Å². The van der Waals surface area contributed by atoms with Crippen LogP contribution in [0.2, 0.25) is 0 Å². The van der Waals surface area contributed by atoms with E-state index in [4.69, 9.17) is 9.88 Å². The van der Waals surface area contributed by atoms with Crippen LogP contribution in [0.4, 0.5) is 0 Å². The fourth-order valence-corrected chi connectivity index (χ4v) is 2.67. The fourth-order valence-electron chi connectivity index (χ4n) is 1.68. The lowest BCUT2D eigenvalue weighted by Crippen LogP contribution is -2.26. The first-order chi connectivity index (χ1) is 8.44. The number of aryl methyl sites for hydroxylation is 1. The summed E-state index contributed by atoms with van der Waals surface area (Å²) < 4.78 is 27.7. The van der Waals surface area contributed by atoms with Crippen molar-refractivity contribution < 1.29 is 13.2 Å². The van der Waals surface area contributed by atoms with Gasteiger partial charge in [0.25, 0.3) is 0 Å². The second-order valence-electron chi connectivity index (χ2n) is 4.42. The number of sulfonamides is 1. The largest absolute Gasteiger partial charge is 0.493 e. The number of primary sulfonamides is 1. The van der Waals surface area contributed by atoms with Gasteiger partial charge in [0.1, 0.15) is 5.75 Å². The average Bonchev–Trinajstić information content (AvgIpc) is 2.33. The lowest BCUT2D eigenvalue weighted by atomic mass is 10.1. The van der Waals surface area contributed by atoms with E-state index in [1.54, 1.807) is 0 Å². The van der Waals surface area contributed by atoms with Gasteiger partial charge in [0.15, 0.2) is 0 Å². The molecule has 1 aromatic carbocycles. The predicted octanol–water partition coefficient (Wildman–Crippen LogP) is 1.94. The highest BCUT2D eigenvalue weighted by atomic mass is 32.2. The lowest BCUT2D eigenvalue weighted by molar-refractivity contribution is 0.257. The van der Waals surface area contributed by atoms with Gasteiger partial charge in [-0.1, -0.05) is 26.0 Å². The van der Waals surface area contributed by atoms with E-state index in [-0.39, 0.29) is 11.7 Å². The first-order valence-corrected chi connectivity index (χ1v) is 7.88. The molecule has 0 amide bonds. The molecule has 1 atom stereocenters. The number of hydrogen-bond donors (Lipinski definition) is 1. The van der Waals surface area contributed by atoms with Crippen molar-refractivity contribution in [2.45, 2.75) is 26.7 Å². The topological polar surface area (TPSA) is 69.4 Å². The number of hydrogen-bond acceptors (Lipinski definition) is 3. The summed E-state index contributed by atoms with van der Waals surface area (Å²) in [4.78, 5) is 0. The minimum absolute atomic E-state index is 0.0308. The van der Waals surface area contributed by atoms with E-state index in [1.807, 2.05) is 31.2 Å². The molecule has 0 aromatic heterocycles. The third kappa shape index (κ3) is 5.51. The van der Waals surface area contributed by atoms with Crippen LogP contribution in [0.15, 0.2) is 24.3 Å². The van der Waals surface area contributed by atoms with E-state index in [2.05, 4.69) is 6.92 Å². The Morgan fingerprint density at radius 2 is 2.06 bits per heavy atom. The summed E-state index contributed by atoms with van der Waals surface area (Å²) in [5.74, 6) is 0.684. The van der Waals surface area contributed by atoms with E-state index < -0.39 is 10.0 Å². The maximum atomic E-state index is 11.0. The molecule has 0 saturated heterocycles. The van der Waals surface area contributed by atoms with Crippen molar-refractivity contribution >= 4 is 10.0 Å². The summed E-state index contributed by atoms with van der Waals surface area (Å²) in [6.07, 6.45) is 1.68. The lowest BCUT2D eigenvalue weighted by Gasteiger charge is -2.15. The molecule has 5 heteroatoms. The normalized spacial score (nSPS) is 13.3. The minimum Gasteiger partial charge on any atom is -0.493 e. The third-order valence-electron chi connectivity index (χ3n) is 2.84. The van der Waals surface area contributed by atoms with Crippen molar-refractivity contribution in [3.05, 3.63) is 29.8 Å². The van der Waals surface area contributed by atoms with Crippen LogP contribution in [0.3, 0.4) is 0 Å². The van der Waals surface area contributed by atoms with E-state index in [1.165, 1.54) is 5.56 Å². The summed E-state index contributed by atoms with van der Waals surface area (Å²) in [6, 6.07) is 7.83. The van der Waals surface area contributed by atoms with Crippen molar-refractivity contribution in [2.24, 2.45) is 11.1 Å². The van der Waals surface area contributed by atoms with Gasteiger partial charge in [0.2, 0.25) is 10.0 Å². The number of benzene rings is 1. The van der Waals surface area contributed by atoms with Gasteiger partial charge in [0.05, 0.1) is 12.4 Å². The van der Waals surface area contributed by atoms with Gasteiger partial charge in [-0.2, -0.15) is 0 Å². The van der Waals surface area contributed by atoms with Gasteiger partial charge < -0.3 is 4.74 Å². The van der Waals surface area contributed by atoms with E-state index >= 15 is 0 Å². The molecular weight excluding hydrogens is 250 g/mol. The van der Waals surface area contributed by atoms with Crippen LogP contribution in [0.1, 0.15) is 25.8 Å². The Hall–Kier alpha value is -1.07. The SMILES string of the molecule is CCc1cccc(OCC(CC)CS(N)(=O)=O)c1. The molecule has 102 valence electrons. The zero-order valence-electron chi connectivity index (χ0n) is 10.9. The summed E-state index contributed by atoms with van der Waals surface area (Å²) in [6.45, 7) is 4.39. The molecule has 0 aliphatic rings. The van der Waals surface area contributed by atoms with Crippen LogP contribution in [0.5, 0.6) is 5.75 Å². The zero-order valence-corrected chi connectivity index (χ0v) is 11.7. The van der Waals surface area contributed by atoms with Crippen molar-refractivity contribution in [3.63, 3.8) is 0 Å². The summed E-state index contributed by atoms with van der Waals surface area (Å²) in [5, 5.41) is 5.04. The van der Waals surface area contributed by atoms with Gasteiger partial charge in [-0.05, 0) is 30.5 Å². The van der Waals surface area contributed by atoms with Crippen molar-refractivity contribution in [1.82, 2.24) is 0 Å². The molecule has 0 bridgehead atoms. The quantitative estimate of drug-likeness (QED) is 0.824. The molecule has 4 nitrogen and oxygen atoms in total. The van der Waals surface area contributed by atoms with E-state index in [9.17, 15) is 8.42 Å². The third-order valence-corrected chi connectivity index (χ3v) is 3.77.